The number of fused-ring (bicyclic) bond motifs is 1. The molecule has 2 N–H and O–H groups in total. The van der Waals surface area contributed by atoms with E-state index in [1.807, 2.05) is 38.6 Å². The van der Waals surface area contributed by atoms with E-state index in [0.717, 1.165) is 69.6 Å². The van der Waals surface area contributed by atoms with E-state index in [1.54, 1.807) is 0 Å². The molecule has 2 aromatic rings. The van der Waals surface area contributed by atoms with Crippen LogP contribution in [0.1, 0.15) is 39.2 Å². The average molecular weight is 450 g/mol. The van der Waals surface area contributed by atoms with Crippen molar-refractivity contribution < 1.29 is 9.53 Å². The van der Waals surface area contributed by atoms with Crippen LogP contribution < -0.4 is 11.2 Å². The highest BCUT2D eigenvalue weighted by Crippen LogP contribution is 2.23. The van der Waals surface area contributed by atoms with E-state index in [1.165, 1.54) is 10.9 Å². The van der Waals surface area contributed by atoms with Gasteiger partial charge in [0.1, 0.15) is 18.7 Å². The molecular formula is C25H37BN5O2. The van der Waals surface area contributed by atoms with Crippen molar-refractivity contribution >= 4 is 35.6 Å². The molecule has 1 amide bonds. The summed E-state index contributed by atoms with van der Waals surface area (Å²) >= 11 is 0. The fourth-order valence-corrected chi connectivity index (χ4v) is 4.92. The summed E-state index contributed by atoms with van der Waals surface area (Å²) < 4.78 is 5.53. The number of carbonyl (C=O) groups excluding carboxylic acids is 1. The second-order valence-electron chi connectivity index (χ2n) is 10.3. The number of hydrogen-bond donors (Lipinski definition) is 1. The third-order valence-corrected chi connectivity index (χ3v) is 6.71. The number of ether oxygens (including phenoxy) is 1. The van der Waals surface area contributed by atoms with Crippen LogP contribution in [0.2, 0.25) is 6.82 Å². The van der Waals surface area contributed by atoms with Gasteiger partial charge in [0.2, 0.25) is 0 Å². The van der Waals surface area contributed by atoms with Crippen LogP contribution >= 0.6 is 0 Å². The zero-order chi connectivity index (χ0) is 23.6. The second kappa shape index (κ2) is 9.89. The first-order chi connectivity index (χ1) is 15.7. The Labute approximate surface area is 198 Å². The van der Waals surface area contributed by atoms with Crippen LogP contribution in [0.25, 0.3) is 10.9 Å². The fourth-order valence-electron chi connectivity index (χ4n) is 4.92. The van der Waals surface area contributed by atoms with E-state index in [2.05, 4.69) is 40.3 Å². The van der Waals surface area contributed by atoms with Crippen molar-refractivity contribution in [3.8, 4) is 0 Å². The number of likely N-dealkylation sites (tertiary alicyclic amines) is 1. The van der Waals surface area contributed by atoms with Crippen molar-refractivity contribution in [1.29, 1.82) is 0 Å². The lowest BCUT2D eigenvalue weighted by Gasteiger charge is -2.43. The Bertz CT molecular complexity index is 977. The number of benzene rings is 1. The number of anilines is 1. The zero-order valence-corrected chi connectivity index (χ0v) is 20.5. The van der Waals surface area contributed by atoms with Crippen molar-refractivity contribution in [2.75, 3.05) is 45.0 Å². The molecule has 1 aromatic heterocycles. The van der Waals surface area contributed by atoms with Gasteiger partial charge in [-0.15, -0.1) is 0 Å². The van der Waals surface area contributed by atoms with Crippen LogP contribution in [0.15, 0.2) is 24.3 Å². The molecule has 0 saturated carbocycles. The number of nitrogens with zero attached hydrogens (tertiary/aromatic N) is 4. The molecule has 0 bridgehead atoms. The van der Waals surface area contributed by atoms with Crippen LogP contribution in [-0.4, -0.2) is 84.0 Å². The van der Waals surface area contributed by atoms with Gasteiger partial charge >= 0.3 is 6.09 Å². The maximum atomic E-state index is 12.3. The summed E-state index contributed by atoms with van der Waals surface area (Å²) in [7, 11) is 2.08. The summed E-state index contributed by atoms with van der Waals surface area (Å²) in [5.41, 5.74) is 9.07. The van der Waals surface area contributed by atoms with Gasteiger partial charge in [0.15, 0.2) is 0 Å². The van der Waals surface area contributed by atoms with Crippen LogP contribution in [-0.2, 0) is 11.3 Å². The van der Waals surface area contributed by atoms with Gasteiger partial charge in [0, 0.05) is 57.2 Å². The second-order valence-corrected chi connectivity index (χ2v) is 10.3. The summed E-state index contributed by atoms with van der Waals surface area (Å²) in [5.74, 6) is 0.584. The Morgan fingerprint density at radius 2 is 1.82 bits per heavy atom. The first-order valence-corrected chi connectivity index (χ1v) is 12.1. The Balaban J connectivity index is 1.30. The first-order valence-electron chi connectivity index (χ1n) is 12.1. The monoisotopic (exact) mass is 450 g/mol. The van der Waals surface area contributed by atoms with E-state index < -0.39 is 5.60 Å². The van der Waals surface area contributed by atoms with Gasteiger partial charge in [0.05, 0.1) is 5.52 Å². The third-order valence-electron chi connectivity index (χ3n) is 6.71. The number of hydrogen-bond acceptors (Lipinski definition) is 6. The van der Waals surface area contributed by atoms with Gasteiger partial charge in [-0.3, -0.25) is 9.80 Å². The quantitative estimate of drug-likeness (QED) is 0.723. The highest BCUT2D eigenvalue weighted by atomic mass is 16.6. The minimum atomic E-state index is -0.439. The lowest BCUT2D eigenvalue weighted by atomic mass is 9.73. The normalized spacial score (nSPS) is 19.1. The molecule has 3 heterocycles. The van der Waals surface area contributed by atoms with Crippen LogP contribution in [0.3, 0.4) is 0 Å². The largest absolute Gasteiger partial charge is 0.444 e. The summed E-state index contributed by atoms with van der Waals surface area (Å²) in [6.45, 7) is 14.4. The molecule has 8 heteroatoms. The summed E-state index contributed by atoms with van der Waals surface area (Å²) in [6.07, 6.45) is 1.85. The minimum absolute atomic E-state index is 0.182. The fraction of sp³-hybridized carbons (Fsp3) is 0.600. The molecule has 1 radical (unpaired) electrons. The first kappa shape index (κ1) is 23.8. The van der Waals surface area contributed by atoms with Crippen LogP contribution in [0, 0.1) is 0 Å². The average Bonchev–Trinajstić information content (AvgIpc) is 2.78. The van der Waals surface area contributed by atoms with Gasteiger partial charge in [0.25, 0.3) is 0 Å². The topological polar surface area (TPSA) is 74.9 Å². The smallest absolute Gasteiger partial charge is 0.410 e. The highest BCUT2D eigenvalue weighted by molar-refractivity contribution is 6.52. The van der Waals surface area contributed by atoms with E-state index >= 15 is 0 Å². The predicted octanol–water partition coefficient (Wildman–Crippen LogP) is 2.71. The number of piperidine rings is 1. The summed E-state index contributed by atoms with van der Waals surface area (Å²) in [5, 5.41) is 1.19. The zero-order valence-electron chi connectivity index (χ0n) is 20.5. The molecular weight excluding hydrogens is 413 g/mol. The Morgan fingerprint density at radius 1 is 1.12 bits per heavy atom. The number of piperazine rings is 1. The number of nitrogen functional groups attached to an aromatic ring is 1. The molecule has 0 aliphatic carbocycles. The van der Waals surface area contributed by atoms with Gasteiger partial charge in [-0.1, -0.05) is 24.4 Å². The minimum Gasteiger partial charge on any atom is -0.444 e. The number of carbonyl (C=O) groups is 1. The Kier molecular flexibility index (Phi) is 7.15. The standard InChI is InChI=1S/C25H37BN5O2/c1-25(2,3)33-24(32)31-9-7-20(8-10-31)30-13-11-29(12-14-30)17-18-15-23(27)28-22-16-19(26-4)5-6-21(18)22/h5-6,15-16,20H,7-14,17H2,1-4H3,(H2,27,28). The third kappa shape index (κ3) is 5.98. The van der Waals surface area contributed by atoms with Crippen molar-refractivity contribution in [2.45, 2.75) is 58.6 Å². The molecule has 0 unspecified atom stereocenters. The molecule has 33 heavy (non-hydrogen) atoms. The van der Waals surface area contributed by atoms with E-state index in [-0.39, 0.29) is 6.09 Å². The summed E-state index contributed by atoms with van der Waals surface area (Å²) in [4.78, 5) is 23.9. The molecule has 2 fully saturated rings. The van der Waals surface area contributed by atoms with Gasteiger partial charge in [-0.05, 0) is 51.3 Å². The van der Waals surface area contributed by atoms with Gasteiger partial charge in [-0.2, -0.15) is 0 Å². The number of pyridine rings is 1. The van der Waals surface area contributed by atoms with Crippen molar-refractivity contribution in [1.82, 2.24) is 19.7 Å². The highest BCUT2D eigenvalue weighted by Gasteiger charge is 2.31. The van der Waals surface area contributed by atoms with Crippen molar-refractivity contribution in [3.63, 3.8) is 0 Å². The van der Waals surface area contributed by atoms with Gasteiger partial charge < -0.3 is 15.4 Å². The maximum absolute atomic E-state index is 12.3. The SMILES string of the molecule is C[B]c1ccc2c(CN3CCN(C4CCN(C(=O)OC(C)(C)C)CC4)CC3)cc(N)nc2c1. The molecule has 4 rings (SSSR count). The van der Waals surface area contributed by atoms with E-state index in [4.69, 9.17) is 10.5 Å². The number of nitrogens with two attached hydrogens (primary N) is 1. The van der Waals surface area contributed by atoms with Crippen molar-refractivity contribution in [2.24, 2.45) is 0 Å². The Hall–Kier alpha value is -2.32. The molecule has 177 valence electrons. The lowest BCUT2D eigenvalue weighted by Crippen LogP contribution is -2.53. The lowest BCUT2D eigenvalue weighted by molar-refractivity contribution is 0.00970. The van der Waals surface area contributed by atoms with Gasteiger partial charge in [-0.25, -0.2) is 9.78 Å². The molecule has 2 saturated heterocycles. The molecule has 1 aromatic carbocycles. The predicted molar refractivity (Wildman–Crippen MR) is 135 cm³/mol. The number of aromatic nitrogens is 1. The van der Waals surface area contributed by atoms with E-state index in [0.29, 0.717) is 11.9 Å². The number of rotatable bonds is 4. The Morgan fingerprint density at radius 3 is 2.45 bits per heavy atom. The number of amides is 1. The van der Waals surface area contributed by atoms with Crippen LogP contribution in [0.4, 0.5) is 10.6 Å². The molecule has 2 aliphatic heterocycles. The van der Waals surface area contributed by atoms with E-state index in [9.17, 15) is 4.79 Å². The molecule has 0 atom stereocenters. The van der Waals surface area contributed by atoms with Crippen LogP contribution in [0.5, 0.6) is 0 Å². The van der Waals surface area contributed by atoms with Crippen molar-refractivity contribution in [3.05, 3.63) is 29.8 Å². The molecule has 7 nitrogen and oxygen atoms in total. The molecule has 2 aliphatic rings. The maximum Gasteiger partial charge on any atom is 0.410 e. The summed E-state index contributed by atoms with van der Waals surface area (Å²) in [6, 6.07) is 8.99. The molecule has 0 spiro atoms.